The lowest BCUT2D eigenvalue weighted by Gasteiger charge is -2.14. The van der Waals surface area contributed by atoms with Gasteiger partial charge in [-0.2, -0.15) is 13.2 Å². The van der Waals surface area contributed by atoms with Crippen LogP contribution in [0.2, 0.25) is 0 Å². The molecular formula is C20H13F4N3O5S. The molecule has 1 amide bonds. The van der Waals surface area contributed by atoms with Gasteiger partial charge in [0, 0.05) is 11.8 Å². The van der Waals surface area contributed by atoms with Gasteiger partial charge in [-0.05, 0) is 48.5 Å². The van der Waals surface area contributed by atoms with E-state index in [4.69, 9.17) is 0 Å². The molecule has 0 spiro atoms. The van der Waals surface area contributed by atoms with Gasteiger partial charge in [0.05, 0.1) is 21.7 Å². The third-order valence-corrected chi connectivity index (χ3v) is 5.70. The van der Waals surface area contributed by atoms with Crippen molar-refractivity contribution in [2.45, 2.75) is 11.1 Å². The zero-order valence-electron chi connectivity index (χ0n) is 16.3. The normalized spacial score (nSPS) is 11.6. The van der Waals surface area contributed by atoms with E-state index in [9.17, 15) is 40.9 Å². The molecule has 3 aromatic rings. The summed E-state index contributed by atoms with van der Waals surface area (Å²) >= 11 is 0. The fourth-order valence-corrected chi connectivity index (χ4v) is 4.00. The number of sulfonamides is 1. The summed E-state index contributed by atoms with van der Waals surface area (Å²) in [4.78, 5) is 21.6. The van der Waals surface area contributed by atoms with Crippen molar-refractivity contribution in [3.63, 3.8) is 0 Å². The van der Waals surface area contributed by atoms with Crippen LogP contribution in [-0.2, 0) is 16.2 Å². The van der Waals surface area contributed by atoms with Gasteiger partial charge in [0.1, 0.15) is 5.82 Å². The lowest BCUT2D eigenvalue weighted by atomic mass is 10.1. The summed E-state index contributed by atoms with van der Waals surface area (Å²) in [6, 6.07) is 10.9. The van der Waals surface area contributed by atoms with Gasteiger partial charge < -0.3 is 5.32 Å². The molecule has 0 saturated carbocycles. The first-order valence-corrected chi connectivity index (χ1v) is 10.4. The highest BCUT2D eigenvalue weighted by atomic mass is 32.2. The van der Waals surface area contributed by atoms with Crippen LogP contribution in [-0.4, -0.2) is 19.2 Å². The number of alkyl halides is 3. The Morgan fingerprint density at radius 2 is 1.61 bits per heavy atom. The van der Waals surface area contributed by atoms with Crippen molar-refractivity contribution >= 4 is 33.0 Å². The topological polar surface area (TPSA) is 118 Å². The zero-order chi connectivity index (χ0) is 24.4. The SMILES string of the molecule is O=C(Nc1ccc(F)cc1)c1ccccc1NS(=O)(=O)c1ccc(C(F)(F)F)cc1[N+](=O)[O-]. The third kappa shape index (κ3) is 5.44. The van der Waals surface area contributed by atoms with E-state index in [-0.39, 0.29) is 23.0 Å². The number of amides is 1. The zero-order valence-corrected chi connectivity index (χ0v) is 17.1. The average molecular weight is 483 g/mol. The van der Waals surface area contributed by atoms with Crippen LogP contribution in [0.25, 0.3) is 0 Å². The van der Waals surface area contributed by atoms with E-state index in [2.05, 4.69) is 5.32 Å². The number of nitro groups is 1. The van der Waals surface area contributed by atoms with Gasteiger partial charge in [-0.1, -0.05) is 12.1 Å². The molecule has 0 heterocycles. The van der Waals surface area contributed by atoms with Crippen LogP contribution in [0.4, 0.5) is 34.6 Å². The molecule has 0 radical (unpaired) electrons. The molecule has 0 saturated heterocycles. The Morgan fingerprint density at radius 1 is 0.970 bits per heavy atom. The largest absolute Gasteiger partial charge is 0.416 e. The number of carbonyl (C=O) groups is 1. The van der Waals surface area contributed by atoms with E-state index >= 15 is 0 Å². The van der Waals surface area contributed by atoms with E-state index in [1.165, 1.54) is 36.4 Å². The lowest BCUT2D eigenvalue weighted by Crippen LogP contribution is -2.19. The molecule has 8 nitrogen and oxygen atoms in total. The quantitative estimate of drug-likeness (QED) is 0.297. The Balaban J connectivity index is 1.96. The van der Waals surface area contributed by atoms with Crippen molar-refractivity contribution in [1.82, 2.24) is 0 Å². The Labute approximate surface area is 184 Å². The Morgan fingerprint density at radius 3 is 2.21 bits per heavy atom. The molecule has 0 fully saturated rings. The Kier molecular flexibility index (Phi) is 6.35. The molecule has 3 aromatic carbocycles. The predicted molar refractivity (Wildman–Crippen MR) is 110 cm³/mol. The smallest absolute Gasteiger partial charge is 0.322 e. The van der Waals surface area contributed by atoms with E-state index in [0.29, 0.717) is 12.1 Å². The van der Waals surface area contributed by atoms with Crippen molar-refractivity contribution in [3.8, 4) is 0 Å². The van der Waals surface area contributed by atoms with Crippen molar-refractivity contribution in [2.24, 2.45) is 0 Å². The fraction of sp³-hybridized carbons (Fsp3) is 0.0500. The highest BCUT2D eigenvalue weighted by Crippen LogP contribution is 2.35. The average Bonchev–Trinajstić information content (AvgIpc) is 2.74. The van der Waals surface area contributed by atoms with E-state index in [1.807, 2.05) is 4.72 Å². The summed E-state index contributed by atoms with van der Waals surface area (Å²) in [5.41, 5.74) is -2.96. The van der Waals surface area contributed by atoms with Gasteiger partial charge in [0.15, 0.2) is 4.90 Å². The highest BCUT2D eigenvalue weighted by molar-refractivity contribution is 7.92. The van der Waals surface area contributed by atoms with Crippen LogP contribution in [0.5, 0.6) is 0 Å². The van der Waals surface area contributed by atoms with Crippen molar-refractivity contribution in [2.75, 3.05) is 10.0 Å². The second-order valence-electron chi connectivity index (χ2n) is 6.55. The number of nitro benzene ring substituents is 1. The molecule has 172 valence electrons. The van der Waals surface area contributed by atoms with Crippen molar-refractivity contribution < 1.29 is 35.7 Å². The molecule has 3 rings (SSSR count). The van der Waals surface area contributed by atoms with Gasteiger partial charge in [0.25, 0.3) is 21.6 Å². The molecule has 0 unspecified atom stereocenters. The van der Waals surface area contributed by atoms with Gasteiger partial charge in [-0.3, -0.25) is 19.6 Å². The number of nitrogens with zero attached hydrogens (tertiary/aromatic N) is 1. The molecule has 0 aromatic heterocycles. The second-order valence-corrected chi connectivity index (χ2v) is 8.20. The number of hydrogen-bond donors (Lipinski definition) is 2. The minimum Gasteiger partial charge on any atom is -0.322 e. The Bertz CT molecular complexity index is 1330. The maximum absolute atomic E-state index is 13.0. The number of nitrogens with one attached hydrogen (secondary N) is 2. The predicted octanol–water partition coefficient (Wildman–Crippen LogP) is 4.81. The first-order valence-electron chi connectivity index (χ1n) is 8.93. The molecule has 0 aliphatic heterocycles. The maximum Gasteiger partial charge on any atom is 0.416 e. The van der Waals surface area contributed by atoms with Crippen LogP contribution in [0.1, 0.15) is 15.9 Å². The minimum absolute atomic E-state index is 0.113. The molecule has 2 N–H and O–H groups in total. The van der Waals surface area contributed by atoms with Crippen LogP contribution >= 0.6 is 0 Å². The molecule has 0 atom stereocenters. The van der Waals surface area contributed by atoms with E-state index < -0.39 is 49.0 Å². The number of hydrogen-bond acceptors (Lipinski definition) is 5. The number of carbonyl (C=O) groups excluding carboxylic acids is 1. The molecule has 13 heteroatoms. The monoisotopic (exact) mass is 483 g/mol. The first kappa shape index (κ1) is 23.7. The van der Waals surface area contributed by atoms with Gasteiger partial charge in [-0.25, -0.2) is 12.8 Å². The summed E-state index contributed by atoms with van der Waals surface area (Å²) in [6.45, 7) is 0. The first-order chi connectivity index (χ1) is 15.4. The second kappa shape index (κ2) is 8.86. The van der Waals surface area contributed by atoms with Gasteiger partial charge >= 0.3 is 6.18 Å². The highest BCUT2D eigenvalue weighted by Gasteiger charge is 2.35. The van der Waals surface area contributed by atoms with Crippen molar-refractivity contribution in [3.05, 3.63) is 93.8 Å². The summed E-state index contributed by atoms with van der Waals surface area (Å²) in [7, 11) is -4.77. The van der Waals surface area contributed by atoms with Crippen LogP contribution in [0.15, 0.2) is 71.6 Å². The number of rotatable bonds is 6. The molecule has 0 aliphatic carbocycles. The van der Waals surface area contributed by atoms with E-state index in [1.54, 1.807) is 0 Å². The number of anilines is 2. The number of para-hydroxylation sites is 1. The van der Waals surface area contributed by atoms with Crippen LogP contribution in [0, 0.1) is 15.9 Å². The van der Waals surface area contributed by atoms with Gasteiger partial charge in [0.2, 0.25) is 0 Å². The summed E-state index contributed by atoms with van der Waals surface area (Å²) in [5.74, 6) is -1.33. The maximum atomic E-state index is 13.0. The third-order valence-electron chi connectivity index (χ3n) is 4.29. The fourth-order valence-electron chi connectivity index (χ4n) is 2.77. The molecular weight excluding hydrogens is 470 g/mol. The van der Waals surface area contributed by atoms with Gasteiger partial charge in [-0.15, -0.1) is 0 Å². The Hall–Kier alpha value is -4.00. The van der Waals surface area contributed by atoms with E-state index in [0.717, 1.165) is 12.1 Å². The number of benzene rings is 3. The molecule has 0 aliphatic rings. The summed E-state index contributed by atoms with van der Waals surface area (Å²) in [6.07, 6.45) is -4.93. The molecule has 0 bridgehead atoms. The molecule has 33 heavy (non-hydrogen) atoms. The lowest BCUT2D eigenvalue weighted by molar-refractivity contribution is -0.388. The van der Waals surface area contributed by atoms with Crippen molar-refractivity contribution in [1.29, 1.82) is 0 Å². The van der Waals surface area contributed by atoms with Crippen LogP contribution in [0.3, 0.4) is 0 Å². The minimum atomic E-state index is -4.93. The standard InChI is InChI=1S/C20H13F4N3O5S/c21-13-6-8-14(9-7-13)25-19(28)15-3-1-2-4-16(15)26-33(31,32)18-10-5-12(20(22,23)24)11-17(18)27(29)30/h1-11,26H,(H,25,28). The summed E-state index contributed by atoms with van der Waals surface area (Å²) in [5, 5.41) is 13.7. The van der Waals surface area contributed by atoms with Crippen LogP contribution < -0.4 is 10.0 Å². The number of halogens is 4. The summed E-state index contributed by atoms with van der Waals surface area (Å²) < 4.78 is 79.3.